The number of hydrogen-bond acceptors (Lipinski definition) is 4. The van der Waals surface area contributed by atoms with Crippen molar-refractivity contribution in [3.05, 3.63) is 29.8 Å². The standard InChI is InChI=1S/C16H21NO4/c1-19-13-6-4-12(5-7-13)15(11-2-3-11)17-16(18)14-10-20-8-9-21-14/h4-7,11,14-15H,2-3,8-10H2,1H3,(H,17,18)/t14-,15-/m1/s1. The Bertz CT molecular complexity index is 478. The fraction of sp³-hybridized carbons (Fsp3) is 0.562. The van der Waals surface area contributed by atoms with E-state index in [2.05, 4.69) is 5.32 Å². The molecule has 3 rings (SSSR count). The van der Waals surface area contributed by atoms with Crippen LogP contribution in [0.3, 0.4) is 0 Å². The van der Waals surface area contributed by atoms with E-state index in [1.54, 1.807) is 7.11 Å². The third-order valence-electron chi connectivity index (χ3n) is 3.97. The van der Waals surface area contributed by atoms with Crippen molar-refractivity contribution < 1.29 is 19.0 Å². The van der Waals surface area contributed by atoms with E-state index in [9.17, 15) is 4.79 Å². The summed E-state index contributed by atoms with van der Waals surface area (Å²) in [6, 6.07) is 7.93. The Morgan fingerprint density at radius 1 is 1.29 bits per heavy atom. The Morgan fingerprint density at radius 3 is 2.62 bits per heavy atom. The van der Waals surface area contributed by atoms with Crippen LogP contribution in [0, 0.1) is 5.92 Å². The largest absolute Gasteiger partial charge is 0.497 e. The van der Waals surface area contributed by atoms with E-state index in [-0.39, 0.29) is 11.9 Å². The lowest BCUT2D eigenvalue weighted by molar-refractivity contribution is -0.148. The molecular formula is C16H21NO4. The van der Waals surface area contributed by atoms with Crippen LogP contribution in [-0.4, -0.2) is 38.9 Å². The van der Waals surface area contributed by atoms with Gasteiger partial charge in [0.2, 0.25) is 0 Å². The molecule has 1 aromatic carbocycles. The maximum atomic E-state index is 12.3. The lowest BCUT2D eigenvalue weighted by Crippen LogP contribution is -2.44. The highest BCUT2D eigenvalue weighted by molar-refractivity contribution is 5.81. The first kappa shape index (κ1) is 14.4. The zero-order valence-electron chi connectivity index (χ0n) is 12.2. The molecular weight excluding hydrogens is 270 g/mol. The second kappa shape index (κ2) is 6.45. The van der Waals surface area contributed by atoms with Gasteiger partial charge in [-0.05, 0) is 36.5 Å². The highest BCUT2D eigenvalue weighted by atomic mass is 16.6. The van der Waals surface area contributed by atoms with Crippen molar-refractivity contribution in [2.75, 3.05) is 26.9 Å². The summed E-state index contributed by atoms with van der Waals surface area (Å²) in [7, 11) is 1.65. The fourth-order valence-corrected chi connectivity index (χ4v) is 2.60. The average molecular weight is 291 g/mol. The zero-order chi connectivity index (χ0) is 14.7. The number of ether oxygens (including phenoxy) is 3. The molecule has 21 heavy (non-hydrogen) atoms. The molecule has 114 valence electrons. The number of carbonyl (C=O) groups excluding carboxylic acids is 1. The first-order valence-electron chi connectivity index (χ1n) is 7.41. The van der Waals surface area contributed by atoms with Gasteiger partial charge < -0.3 is 19.5 Å². The van der Waals surface area contributed by atoms with Gasteiger partial charge in [-0.2, -0.15) is 0 Å². The van der Waals surface area contributed by atoms with Crippen LogP contribution in [0.25, 0.3) is 0 Å². The molecule has 2 aliphatic rings. The molecule has 1 saturated carbocycles. The predicted molar refractivity (Wildman–Crippen MR) is 77.2 cm³/mol. The van der Waals surface area contributed by atoms with Gasteiger partial charge in [-0.15, -0.1) is 0 Å². The Morgan fingerprint density at radius 2 is 2.05 bits per heavy atom. The molecule has 5 heteroatoms. The fourth-order valence-electron chi connectivity index (χ4n) is 2.60. The molecule has 0 bridgehead atoms. The maximum absolute atomic E-state index is 12.3. The Balaban J connectivity index is 1.67. The number of nitrogens with one attached hydrogen (secondary N) is 1. The second-order valence-corrected chi connectivity index (χ2v) is 5.53. The molecule has 1 aliphatic heterocycles. The molecule has 1 saturated heterocycles. The third kappa shape index (κ3) is 3.54. The molecule has 1 heterocycles. The molecule has 1 amide bonds. The smallest absolute Gasteiger partial charge is 0.252 e. The minimum Gasteiger partial charge on any atom is -0.497 e. The Hall–Kier alpha value is -1.59. The number of methoxy groups -OCH3 is 1. The van der Waals surface area contributed by atoms with E-state index < -0.39 is 6.10 Å². The van der Waals surface area contributed by atoms with Crippen LogP contribution in [0.15, 0.2) is 24.3 Å². The van der Waals surface area contributed by atoms with Crippen LogP contribution in [0.5, 0.6) is 5.75 Å². The summed E-state index contributed by atoms with van der Waals surface area (Å²) < 4.78 is 15.9. The minimum absolute atomic E-state index is 0.0499. The van der Waals surface area contributed by atoms with Gasteiger partial charge in [0.15, 0.2) is 6.10 Å². The van der Waals surface area contributed by atoms with Crippen molar-refractivity contribution in [3.8, 4) is 5.75 Å². The molecule has 1 N–H and O–H groups in total. The number of hydrogen-bond donors (Lipinski definition) is 1. The van der Waals surface area contributed by atoms with Crippen molar-refractivity contribution in [2.24, 2.45) is 5.92 Å². The topological polar surface area (TPSA) is 56.8 Å². The molecule has 0 aromatic heterocycles. The first-order chi connectivity index (χ1) is 10.3. The van der Waals surface area contributed by atoms with Gasteiger partial charge in [0.1, 0.15) is 5.75 Å². The van der Waals surface area contributed by atoms with Crippen LogP contribution in [0.1, 0.15) is 24.4 Å². The van der Waals surface area contributed by atoms with E-state index in [0.29, 0.717) is 25.7 Å². The molecule has 2 fully saturated rings. The molecule has 1 aromatic rings. The third-order valence-corrected chi connectivity index (χ3v) is 3.97. The van der Waals surface area contributed by atoms with Crippen LogP contribution >= 0.6 is 0 Å². The van der Waals surface area contributed by atoms with E-state index >= 15 is 0 Å². The van der Waals surface area contributed by atoms with Crippen molar-refractivity contribution in [2.45, 2.75) is 25.0 Å². The highest BCUT2D eigenvalue weighted by Gasteiger charge is 2.35. The first-order valence-corrected chi connectivity index (χ1v) is 7.41. The van der Waals surface area contributed by atoms with Gasteiger partial charge in [-0.3, -0.25) is 4.79 Å². The van der Waals surface area contributed by atoms with Gasteiger partial charge in [0.25, 0.3) is 5.91 Å². The van der Waals surface area contributed by atoms with Gasteiger partial charge in [-0.1, -0.05) is 12.1 Å². The Kier molecular flexibility index (Phi) is 4.41. The van der Waals surface area contributed by atoms with Crippen molar-refractivity contribution in [3.63, 3.8) is 0 Å². The van der Waals surface area contributed by atoms with Gasteiger partial charge in [-0.25, -0.2) is 0 Å². The van der Waals surface area contributed by atoms with E-state index in [0.717, 1.165) is 24.2 Å². The maximum Gasteiger partial charge on any atom is 0.252 e. The summed E-state index contributed by atoms with van der Waals surface area (Å²) in [6.07, 6.45) is 1.82. The van der Waals surface area contributed by atoms with Gasteiger partial charge in [0, 0.05) is 0 Å². The summed E-state index contributed by atoms with van der Waals surface area (Å²) >= 11 is 0. The SMILES string of the molecule is COc1ccc([C@H](NC(=O)[C@H]2COCCO2)C2CC2)cc1. The second-order valence-electron chi connectivity index (χ2n) is 5.53. The molecule has 1 aliphatic carbocycles. The molecule has 0 unspecified atom stereocenters. The minimum atomic E-state index is -0.488. The predicted octanol–water partition coefficient (Wildman–Crippen LogP) is 1.68. The monoisotopic (exact) mass is 291 g/mol. The molecule has 0 spiro atoms. The van der Waals surface area contributed by atoms with Crippen LogP contribution in [0.2, 0.25) is 0 Å². The van der Waals surface area contributed by atoms with E-state index in [4.69, 9.17) is 14.2 Å². The van der Waals surface area contributed by atoms with Crippen molar-refractivity contribution in [1.82, 2.24) is 5.32 Å². The number of carbonyl (C=O) groups is 1. The van der Waals surface area contributed by atoms with E-state index in [1.807, 2.05) is 24.3 Å². The number of amides is 1. The number of benzene rings is 1. The quantitative estimate of drug-likeness (QED) is 0.896. The molecule has 5 nitrogen and oxygen atoms in total. The van der Waals surface area contributed by atoms with E-state index in [1.165, 1.54) is 0 Å². The van der Waals surface area contributed by atoms with Crippen molar-refractivity contribution >= 4 is 5.91 Å². The van der Waals surface area contributed by atoms with Crippen molar-refractivity contribution in [1.29, 1.82) is 0 Å². The number of rotatable bonds is 5. The average Bonchev–Trinajstić information content (AvgIpc) is 3.38. The van der Waals surface area contributed by atoms with Gasteiger partial charge in [0.05, 0.1) is 33.0 Å². The molecule has 2 atom stereocenters. The van der Waals surface area contributed by atoms with Gasteiger partial charge >= 0.3 is 0 Å². The lowest BCUT2D eigenvalue weighted by Gasteiger charge is -2.25. The Labute approximate surface area is 124 Å². The summed E-state index contributed by atoms with van der Waals surface area (Å²) in [5.74, 6) is 1.26. The lowest BCUT2D eigenvalue weighted by atomic mass is 10.0. The van der Waals surface area contributed by atoms with Crippen LogP contribution < -0.4 is 10.1 Å². The summed E-state index contributed by atoms with van der Waals surface area (Å²) in [6.45, 7) is 1.38. The van der Waals surface area contributed by atoms with Crippen LogP contribution in [-0.2, 0) is 14.3 Å². The summed E-state index contributed by atoms with van der Waals surface area (Å²) in [5, 5.41) is 3.12. The molecule has 0 radical (unpaired) electrons. The normalized spacial score (nSPS) is 23.4. The van der Waals surface area contributed by atoms with Crippen LogP contribution in [0.4, 0.5) is 0 Å². The zero-order valence-corrected chi connectivity index (χ0v) is 12.2. The summed E-state index contributed by atoms with van der Waals surface area (Å²) in [4.78, 5) is 12.3. The summed E-state index contributed by atoms with van der Waals surface area (Å²) in [5.41, 5.74) is 1.11. The highest BCUT2D eigenvalue weighted by Crippen LogP contribution is 2.41.